The molecule has 0 saturated heterocycles. The lowest BCUT2D eigenvalue weighted by atomic mass is 10.1. The third-order valence-corrected chi connectivity index (χ3v) is 2.38. The number of nitrogen functional groups attached to an aromatic ring is 1. The summed E-state index contributed by atoms with van der Waals surface area (Å²) in [4.78, 5) is 8.37. The molecule has 1 heterocycles. The van der Waals surface area contributed by atoms with Crippen LogP contribution >= 0.6 is 0 Å². The molecule has 1 aromatic rings. The number of methoxy groups -OCH3 is 1. The van der Waals surface area contributed by atoms with Gasteiger partial charge in [0.2, 0.25) is 0 Å². The maximum atomic E-state index is 5.45. The molecule has 1 rings (SSSR count). The number of aromatic nitrogens is 2. The van der Waals surface area contributed by atoms with Crippen molar-refractivity contribution in [3.05, 3.63) is 11.9 Å². The fraction of sp³-hybridized carbons (Fsp3) is 0.636. The first-order valence-electron chi connectivity index (χ1n) is 5.78. The fourth-order valence-corrected chi connectivity index (χ4v) is 1.67. The van der Waals surface area contributed by atoms with E-state index in [0.29, 0.717) is 12.4 Å². The Labute approximate surface area is 102 Å². The molecule has 17 heavy (non-hydrogen) atoms. The van der Waals surface area contributed by atoms with E-state index in [1.165, 1.54) is 6.33 Å². The van der Waals surface area contributed by atoms with Gasteiger partial charge in [0.15, 0.2) is 0 Å². The Morgan fingerprint density at radius 2 is 2.12 bits per heavy atom. The minimum absolute atomic E-state index is 0.191. The Morgan fingerprint density at radius 3 is 2.71 bits per heavy atom. The third kappa shape index (κ3) is 3.83. The van der Waals surface area contributed by atoms with Crippen LogP contribution in [0.1, 0.15) is 25.8 Å². The topological polar surface area (TPSA) is 85.1 Å². The minimum atomic E-state index is 0.191. The molecule has 0 fully saturated rings. The molecule has 6 heteroatoms. The van der Waals surface area contributed by atoms with Gasteiger partial charge in [0, 0.05) is 18.7 Å². The van der Waals surface area contributed by atoms with Gasteiger partial charge in [0.1, 0.15) is 18.0 Å². The van der Waals surface area contributed by atoms with Crippen molar-refractivity contribution in [1.82, 2.24) is 9.97 Å². The average molecular weight is 239 g/mol. The minimum Gasteiger partial charge on any atom is -0.383 e. The number of ether oxygens (including phenoxy) is 1. The first-order valence-corrected chi connectivity index (χ1v) is 5.78. The molecule has 0 aliphatic heterocycles. The van der Waals surface area contributed by atoms with Crippen molar-refractivity contribution in [3.63, 3.8) is 0 Å². The number of hydrogen-bond donors (Lipinski definition) is 3. The zero-order valence-corrected chi connectivity index (χ0v) is 10.7. The molecule has 0 bridgehead atoms. The molecule has 0 aliphatic carbocycles. The molecule has 1 atom stereocenters. The molecule has 6 nitrogen and oxygen atoms in total. The van der Waals surface area contributed by atoms with Gasteiger partial charge in [-0.3, -0.25) is 0 Å². The first-order chi connectivity index (χ1) is 8.22. The number of nitrogens with two attached hydrogens (primary N) is 1. The van der Waals surface area contributed by atoms with Gasteiger partial charge in [0.25, 0.3) is 0 Å². The first kappa shape index (κ1) is 13.7. The number of nitrogens with zero attached hydrogens (tertiary/aromatic N) is 2. The van der Waals surface area contributed by atoms with E-state index < -0.39 is 0 Å². The molecule has 0 radical (unpaired) electrons. The van der Waals surface area contributed by atoms with Crippen LogP contribution in [-0.2, 0) is 11.2 Å². The number of hydrazine groups is 1. The van der Waals surface area contributed by atoms with Crippen LogP contribution in [0.2, 0.25) is 0 Å². The highest BCUT2D eigenvalue weighted by Crippen LogP contribution is 2.21. The van der Waals surface area contributed by atoms with Gasteiger partial charge in [-0.25, -0.2) is 15.8 Å². The van der Waals surface area contributed by atoms with Crippen molar-refractivity contribution in [3.8, 4) is 0 Å². The molecule has 0 aliphatic rings. The monoisotopic (exact) mass is 239 g/mol. The van der Waals surface area contributed by atoms with Crippen LogP contribution < -0.4 is 16.6 Å². The largest absolute Gasteiger partial charge is 0.383 e. The predicted molar refractivity (Wildman–Crippen MR) is 68.8 cm³/mol. The average Bonchev–Trinajstić information content (AvgIpc) is 2.32. The zero-order chi connectivity index (χ0) is 12.7. The van der Waals surface area contributed by atoms with Crippen LogP contribution in [0.4, 0.5) is 11.6 Å². The van der Waals surface area contributed by atoms with Gasteiger partial charge >= 0.3 is 0 Å². The summed E-state index contributed by atoms with van der Waals surface area (Å²) in [6.07, 6.45) is 3.38. The SMILES string of the molecule is CCCc1c(NN)ncnc1NC(C)COC. The second-order valence-electron chi connectivity index (χ2n) is 3.94. The molecular formula is C11H21N5O. The summed E-state index contributed by atoms with van der Waals surface area (Å²) in [5.74, 6) is 6.94. The summed E-state index contributed by atoms with van der Waals surface area (Å²) >= 11 is 0. The zero-order valence-electron chi connectivity index (χ0n) is 10.7. The lowest BCUT2D eigenvalue weighted by Crippen LogP contribution is -2.23. The van der Waals surface area contributed by atoms with Gasteiger partial charge in [-0.05, 0) is 13.3 Å². The molecule has 1 aromatic heterocycles. The van der Waals surface area contributed by atoms with Crippen molar-refractivity contribution in [2.24, 2.45) is 5.84 Å². The maximum Gasteiger partial charge on any atom is 0.148 e. The Kier molecular flexibility index (Phi) is 5.65. The second kappa shape index (κ2) is 7.03. The van der Waals surface area contributed by atoms with Gasteiger partial charge in [-0.1, -0.05) is 13.3 Å². The molecule has 0 amide bonds. The maximum absolute atomic E-state index is 5.45. The Bertz CT molecular complexity index is 345. The molecule has 0 aromatic carbocycles. The van der Waals surface area contributed by atoms with E-state index in [0.717, 1.165) is 24.2 Å². The van der Waals surface area contributed by atoms with E-state index in [2.05, 4.69) is 27.6 Å². The Morgan fingerprint density at radius 1 is 1.41 bits per heavy atom. The highest BCUT2D eigenvalue weighted by molar-refractivity contribution is 5.57. The third-order valence-electron chi connectivity index (χ3n) is 2.38. The number of nitrogens with one attached hydrogen (secondary N) is 2. The van der Waals surface area contributed by atoms with Crippen molar-refractivity contribution in [2.75, 3.05) is 24.5 Å². The quantitative estimate of drug-likeness (QED) is 0.489. The van der Waals surface area contributed by atoms with Gasteiger partial charge in [-0.15, -0.1) is 0 Å². The van der Waals surface area contributed by atoms with Crippen molar-refractivity contribution >= 4 is 11.6 Å². The van der Waals surface area contributed by atoms with Crippen LogP contribution in [0, 0.1) is 0 Å². The normalized spacial score (nSPS) is 12.2. The van der Waals surface area contributed by atoms with Gasteiger partial charge < -0.3 is 15.5 Å². The molecule has 96 valence electrons. The summed E-state index contributed by atoms with van der Waals surface area (Å²) in [5, 5.41) is 3.30. The standard InChI is InChI=1S/C11H21N5O/c1-4-5-9-10(15-8(2)6-17-3)13-7-14-11(9)16-12/h7-8H,4-6,12H2,1-3H3,(H2,13,14,15,16). The Balaban J connectivity index is 2.89. The lowest BCUT2D eigenvalue weighted by molar-refractivity contribution is 0.190. The lowest BCUT2D eigenvalue weighted by Gasteiger charge is -2.17. The van der Waals surface area contributed by atoms with Crippen LogP contribution in [0.5, 0.6) is 0 Å². The van der Waals surface area contributed by atoms with Crippen LogP contribution in [-0.4, -0.2) is 29.7 Å². The Hall–Kier alpha value is -1.40. The summed E-state index contributed by atoms with van der Waals surface area (Å²) in [6.45, 7) is 4.77. The summed E-state index contributed by atoms with van der Waals surface area (Å²) in [7, 11) is 1.68. The highest BCUT2D eigenvalue weighted by Gasteiger charge is 2.11. The van der Waals surface area contributed by atoms with Gasteiger partial charge in [-0.2, -0.15) is 0 Å². The molecule has 4 N–H and O–H groups in total. The molecule has 1 unspecified atom stereocenters. The molecular weight excluding hydrogens is 218 g/mol. The van der Waals surface area contributed by atoms with Gasteiger partial charge in [0.05, 0.1) is 6.61 Å². The van der Waals surface area contributed by atoms with E-state index in [1.807, 2.05) is 6.92 Å². The van der Waals surface area contributed by atoms with E-state index in [1.54, 1.807) is 7.11 Å². The highest BCUT2D eigenvalue weighted by atomic mass is 16.5. The number of hydrogen-bond acceptors (Lipinski definition) is 6. The molecule has 0 saturated carbocycles. The second-order valence-corrected chi connectivity index (χ2v) is 3.94. The number of rotatable bonds is 7. The van der Waals surface area contributed by atoms with E-state index >= 15 is 0 Å². The van der Waals surface area contributed by atoms with Crippen molar-refractivity contribution in [2.45, 2.75) is 32.7 Å². The van der Waals surface area contributed by atoms with Crippen LogP contribution in [0.15, 0.2) is 6.33 Å². The van der Waals surface area contributed by atoms with E-state index in [-0.39, 0.29) is 6.04 Å². The fourth-order valence-electron chi connectivity index (χ4n) is 1.67. The number of anilines is 2. The van der Waals surface area contributed by atoms with Crippen molar-refractivity contribution < 1.29 is 4.74 Å². The van der Waals surface area contributed by atoms with E-state index in [4.69, 9.17) is 10.6 Å². The summed E-state index contributed by atoms with van der Waals surface area (Å²) < 4.78 is 5.09. The molecule has 0 spiro atoms. The van der Waals surface area contributed by atoms with Crippen LogP contribution in [0.3, 0.4) is 0 Å². The van der Waals surface area contributed by atoms with Crippen LogP contribution in [0.25, 0.3) is 0 Å². The van der Waals surface area contributed by atoms with E-state index in [9.17, 15) is 0 Å². The smallest absolute Gasteiger partial charge is 0.148 e. The summed E-state index contributed by atoms with van der Waals surface area (Å²) in [5.41, 5.74) is 3.62. The van der Waals surface area contributed by atoms with Crippen molar-refractivity contribution in [1.29, 1.82) is 0 Å². The summed E-state index contributed by atoms with van der Waals surface area (Å²) in [6, 6.07) is 0.191. The predicted octanol–water partition coefficient (Wildman–Crippen LogP) is 1.16.